The molecule has 0 unspecified atom stereocenters. The highest BCUT2D eigenvalue weighted by Crippen LogP contribution is 2.35. The Balaban J connectivity index is 2.07. The summed E-state index contributed by atoms with van der Waals surface area (Å²) < 4.78 is 1.08. The highest BCUT2D eigenvalue weighted by Gasteiger charge is 2.24. The summed E-state index contributed by atoms with van der Waals surface area (Å²) >= 11 is 3.66. The molecule has 1 aliphatic rings. The summed E-state index contributed by atoms with van der Waals surface area (Å²) in [7, 11) is 2.19. The molecule has 1 aromatic rings. The van der Waals surface area contributed by atoms with Gasteiger partial charge in [-0.15, -0.1) is 0 Å². The van der Waals surface area contributed by atoms with E-state index in [-0.39, 0.29) is 0 Å². The Morgan fingerprint density at radius 3 is 2.45 bits per heavy atom. The van der Waals surface area contributed by atoms with Gasteiger partial charge in [0.15, 0.2) is 0 Å². The second-order valence-electron chi connectivity index (χ2n) is 6.08. The number of hydrogen-bond acceptors (Lipinski definition) is 2. The smallest absolute Gasteiger partial charge is 0.0762 e. The van der Waals surface area contributed by atoms with Gasteiger partial charge in [0.05, 0.1) is 11.8 Å². The monoisotopic (exact) mass is 339 g/mol. The molecule has 0 amide bonds. The van der Waals surface area contributed by atoms with Crippen molar-refractivity contribution in [3.05, 3.63) is 28.2 Å². The zero-order chi connectivity index (χ0) is 14.7. The predicted molar refractivity (Wildman–Crippen MR) is 89.2 cm³/mol. The molecule has 0 saturated heterocycles. The summed E-state index contributed by atoms with van der Waals surface area (Å²) in [6.07, 6.45) is 6.21. The van der Waals surface area contributed by atoms with E-state index in [0.717, 1.165) is 16.0 Å². The fourth-order valence-corrected chi connectivity index (χ4v) is 3.88. The van der Waals surface area contributed by atoms with Crippen molar-refractivity contribution in [2.75, 3.05) is 11.9 Å². The molecule has 0 radical (unpaired) electrons. The van der Waals surface area contributed by atoms with Gasteiger partial charge < -0.3 is 10.0 Å². The third-order valence-corrected chi connectivity index (χ3v) is 5.41. The van der Waals surface area contributed by atoms with Gasteiger partial charge in [-0.05, 0) is 72.2 Å². The molecular weight excluding hydrogens is 314 g/mol. The van der Waals surface area contributed by atoms with Crippen LogP contribution in [0.25, 0.3) is 0 Å². The van der Waals surface area contributed by atoms with Crippen LogP contribution in [0.1, 0.15) is 57.6 Å². The maximum Gasteiger partial charge on any atom is 0.0762 e. The van der Waals surface area contributed by atoms with Crippen molar-refractivity contribution < 1.29 is 5.11 Å². The normalized spacial score (nSPS) is 24.4. The van der Waals surface area contributed by atoms with Crippen molar-refractivity contribution >= 4 is 21.6 Å². The maximum absolute atomic E-state index is 9.65. The molecule has 0 aromatic heterocycles. The molecule has 1 aromatic carbocycles. The molecule has 1 aliphatic carbocycles. The summed E-state index contributed by atoms with van der Waals surface area (Å²) in [5.74, 6) is 0.931. The molecule has 0 heterocycles. The van der Waals surface area contributed by atoms with Gasteiger partial charge in [0.1, 0.15) is 0 Å². The van der Waals surface area contributed by atoms with Crippen molar-refractivity contribution in [2.45, 2.75) is 58.1 Å². The van der Waals surface area contributed by atoms with Crippen LogP contribution in [-0.4, -0.2) is 18.2 Å². The van der Waals surface area contributed by atoms with Gasteiger partial charge >= 0.3 is 0 Å². The van der Waals surface area contributed by atoms with Crippen molar-refractivity contribution in [2.24, 2.45) is 5.92 Å². The average molecular weight is 340 g/mol. The molecule has 0 spiro atoms. The van der Waals surface area contributed by atoms with Gasteiger partial charge in [-0.1, -0.05) is 19.4 Å². The van der Waals surface area contributed by atoms with E-state index in [1.54, 1.807) is 6.92 Å². The average Bonchev–Trinajstić information content (AvgIpc) is 2.46. The molecule has 3 heteroatoms. The Hall–Kier alpha value is -0.540. The van der Waals surface area contributed by atoms with Crippen LogP contribution in [0.3, 0.4) is 0 Å². The summed E-state index contributed by atoms with van der Waals surface area (Å²) in [6, 6.07) is 6.83. The predicted octanol–water partition coefficient (Wildman–Crippen LogP) is 4.91. The molecule has 0 bridgehead atoms. The number of benzene rings is 1. The van der Waals surface area contributed by atoms with Crippen molar-refractivity contribution in [3.63, 3.8) is 0 Å². The molecule has 1 N–H and O–H groups in total. The van der Waals surface area contributed by atoms with Crippen LogP contribution in [0.4, 0.5) is 5.69 Å². The Bertz CT molecular complexity index is 439. The Morgan fingerprint density at radius 1 is 1.30 bits per heavy atom. The lowest BCUT2D eigenvalue weighted by molar-refractivity contribution is 0.199. The quantitative estimate of drug-likeness (QED) is 0.842. The van der Waals surface area contributed by atoms with Crippen molar-refractivity contribution in [3.8, 4) is 0 Å². The molecule has 1 atom stereocenters. The zero-order valence-electron chi connectivity index (χ0n) is 12.8. The number of aliphatic hydroxyl groups excluding tert-OH is 1. The fourth-order valence-electron chi connectivity index (χ4n) is 3.21. The van der Waals surface area contributed by atoms with E-state index in [4.69, 9.17) is 0 Å². The Labute approximate surface area is 131 Å². The van der Waals surface area contributed by atoms with Gasteiger partial charge in [0, 0.05) is 17.6 Å². The minimum Gasteiger partial charge on any atom is -0.389 e. The highest BCUT2D eigenvalue weighted by molar-refractivity contribution is 9.10. The number of rotatable bonds is 4. The second-order valence-corrected chi connectivity index (χ2v) is 6.93. The lowest BCUT2D eigenvalue weighted by Crippen LogP contribution is -2.35. The van der Waals surface area contributed by atoms with Crippen molar-refractivity contribution in [1.82, 2.24) is 0 Å². The number of hydrogen-bond donors (Lipinski definition) is 1. The summed E-state index contributed by atoms with van der Waals surface area (Å²) in [5.41, 5.74) is 2.19. The van der Waals surface area contributed by atoms with E-state index < -0.39 is 6.10 Å². The lowest BCUT2D eigenvalue weighted by Gasteiger charge is -2.36. The number of aliphatic hydroxyl groups is 1. The largest absolute Gasteiger partial charge is 0.389 e. The Kier molecular flexibility index (Phi) is 5.50. The van der Waals surface area contributed by atoms with E-state index in [0.29, 0.717) is 6.04 Å². The topological polar surface area (TPSA) is 23.5 Å². The van der Waals surface area contributed by atoms with E-state index >= 15 is 0 Å². The van der Waals surface area contributed by atoms with Crippen LogP contribution in [0.2, 0.25) is 0 Å². The lowest BCUT2D eigenvalue weighted by atomic mass is 9.84. The van der Waals surface area contributed by atoms with E-state index in [2.05, 4.69) is 40.9 Å². The first-order valence-corrected chi connectivity index (χ1v) is 8.52. The molecule has 112 valence electrons. The van der Waals surface area contributed by atoms with Crippen LogP contribution in [-0.2, 0) is 0 Å². The first-order valence-electron chi connectivity index (χ1n) is 7.73. The van der Waals surface area contributed by atoms with Gasteiger partial charge in [0.25, 0.3) is 0 Å². The SMILES string of the molecule is CCC1CCC(N(C)c2ccc([C@H](C)O)cc2Br)CC1. The van der Waals surface area contributed by atoms with Crippen LogP contribution in [0, 0.1) is 5.92 Å². The summed E-state index contributed by atoms with van der Waals surface area (Å²) in [6.45, 7) is 4.11. The zero-order valence-corrected chi connectivity index (χ0v) is 14.4. The molecule has 0 aliphatic heterocycles. The van der Waals surface area contributed by atoms with Gasteiger partial charge in [-0.2, -0.15) is 0 Å². The summed E-state index contributed by atoms with van der Waals surface area (Å²) in [4.78, 5) is 2.40. The molecule has 20 heavy (non-hydrogen) atoms. The third-order valence-electron chi connectivity index (χ3n) is 4.78. The number of halogens is 1. The number of nitrogens with zero attached hydrogens (tertiary/aromatic N) is 1. The first kappa shape index (κ1) is 15.8. The molecule has 1 saturated carbocycles. The first-order chi connectivity index (χ1) is 9.52. The number of anilines is 1. The molecule has 1 fully saturated rings. The Morgan fingerprint density at radius 2 is 1.95 bits per heavy atom. The van der Waals surface area contributed by atoms with Crippen LogP contribution >= 0.6 is 15.9 Å². The van der Waals surface area contributed by atoms with E-state index in [1.807, 2.05) is 12.1 Å². The van der Waals surface area contributed by atoms with E-state index in [1.165, 1.54) is 37.8 Å². The minimum atomic E-state index is -0.411. The fraction of sp³-hybridized carbons (Fsp3) is 0.647. The molecular formula is C17H26BrNO. The third kappa shape index (κ3) is 3.56. The summed E-state index contributed by atoms with van der Waals surface area (Å²) in [5, 5.41) is 9.65. The molecule has 2 rings (SSSR count). The molecule has 2 nitrogen and oxygen atoms in total. The van der Waals surface area contributed by atoms with Crippen LogP contribution in [0.5, 0.6) is 0 Å². The minimum absolute atomic E-state index is 0.411. The van der Waals surface area contributed by atoms with E-state index in [9.17, 15) is 5.11 Å². The second kappa shape index (κ2) is 6.95. The van der Waals surface area contributed by atoms with Gasteiger partial charge in [-0.25, -0.2) is 0 Å². The van der Waals surface area contributed by atoms with Crippen LogP contribution in [0.15, 0.2) is 22.7 Å². The maximum atomic E-state index is 9.65. The van der Waals surface area contributed by atoms with Gasteiger partial charge in [-0.3, -0.25) is 0 Å². The van der Waals surface area contributed by atoms with Gasteiger partial charge in [0.2, 0.25) is 0 Å². The highest BCUT2D eigenvalue weighted by atomic mass is 79.9. The van der Waals surface area contributed by atoms with Crippen LogP contribution < -0.4 is 4.90 Å². The standard InChI is InChI=1S/C17H26BrNO/c1-4-13-5-8-15(9-6-13)19(3)17-10-7-14(12(2)20)11-16(17)18/h7,10-13,15,20H,4-6,8-9H2,1-3H3/t12-,13?,15?/m0/s1. The van der Waals surface area contributed by atoms with Crippen molar-refractivity contribution in [1.29, 1.82) is 0 Å².